The lowest BCUT2D eigenvalue weighted by molar-refractivity contribution is 0.00578. The molecule has 0 radical (unpaired) electrons. The monoisotopic (exact) mass is 439 g/mol. The van der Waals surface area contributed by atoms with Crippen LogP contribution >= 0.6 is 11.6 Å². The number of carbonyl (C=O) groups excluding carboxylic acids is 1. The standard InChI is InChI=1S/C22H23BClN3O4/c1-21(2)22(3,4)31-23(30-21)14-10-11-18(25-12-14)27-19(15-8-6-7-9-17(15)24)16(13-26-27)20(28)29-5/h6-13H,1-5H3. The number of methoxy groups -OCH3 is 1. The van der Waals surface area contributed by atoms with Crippen LogP contribution in [0.1, 0.15) is 38.1 Å². The third-order valence-electron chi connectivity index (χ3n) is 5.82. The van der Waals surface area contributed by atoms with Gasteiger partial charge in [-0.3, -0.25) is 0 Å². The fourth-order valence-electron chi connectivity index (χ4n) is 3.34. The molecule has 0 atom stereocenters. The normalized spacial score (nSPS) is 17.0. The van der Waals surface area contributed by atoms with Crippen LogP contribution < -0.4 is 5.46 Å². The van der Waals surface area contributed by atoms with Crippen molar-refractivity contribution < 1.29 is 18.8 Å². The van der Waals surface area contributed by atoms with Gasteiger partial charge in [-0.2, -0.15) is 5.10 Å². The van der Waals surface area contributed by atoms with Crippen molar-refractivity contribution in [3.8, 4) is 17.1 Å². The van der Waals surface area contributed by atoms with Gasteiger partial charge in [-0.1, -0.05) is 35.9 Å². The summed E-state index contributed by atoms with van der Waals surface area (Å²) in [6, 6.07) is 10.9. The Labute approximate surface area is 186 Å². The topological polar surface area (TPSA) is 75.5 Å². The van der Waals surface area contributed by atoms with Gasteiger partial charge in [-0.05, 0) is 39.8 Å². The minimum atomic E-state index is -0.516. The highest BCUT2D eigenvalue weighted by Crippen LogP contribution is 2.36. The van der Waals surface area contributed by atoms with Crippen molar-refractivity contribution in [3.05, 3.63) is 59.4 Å². The maximum absolute atomic E-state index is 12.3. The Hall–Kier alpha value is -2.68. The molecule has 1 saturated heterocycles. The van der Waals surface area contributed by atoms with Crippen molar-refractivity contribution >= 4 is 30.2 Å². The highest BCUT2D eigenvalue weighted by atomic mass is 35.5. The Kier molecular flexibility index (Phi) is 5.41. The molecule has 0 unspecified atom stereocenters. The second-order valence-corrected chi connectivity index (χ2v) is 8.74. The number of hydrogen-bond acceptors (Lipinski definition) is 6. The van der Waals surface area contributed by atoms with E-state index >= 15 is 0 Å². The molecule has 0 aliphatic carbocycles. The van der Waals surface area contributed by atoms with Gasteiger partial charge in [-0.25, -0.2) is 14.5 Å². The number of carbonyl (C=O) groups is 1. The first kappa shape index (κ1) is 21.6. The number of benzene rings is 1. The van der Waals surface area contributed by atoms with Crippen LogP contribution in [0, 0.1) is 0 Å². The predicted molar refractivity (Wildman–Crippen MR) is 119 cm³/mol. The molecule has 1 aliphatic rings. The second-order valence-electron chi connectivity index (χ2n) is 8.33. The number of pyridine rings is 1. The predicted octanol–water partition coefficient (Wildman–Crippen LogP) is 3.67. The molecule has 9 heteroatoms. The molecular formula is C22H23BClN3O4. The molecule has 31 heavy (non-hydrogen) atoms. The first-order valence-corrected chi connectivity index (χ1v) is 10.3. The summed E-state index contributed by atoms with van der Waals surface area (Å²) in [6.45, 7) is 8.01. The van der Waals surface area contributed by atoms with E-state index in [0.717, 1.165) is 5.46 Å². The van der Waals surface area contributed by atoms with Crippen LogP contribution in [-0.4, -0.2) is 46.2 Å². The summed E-state index contributed by atoms with van der Waals surface area (Å²) in [7, 11) is 0.811. The van der Waals surface area contributed by atoms with E-state index < -0.39 is 24.3 Å². The van der Waals surface area contributed by atoms with Gasteiger partial charge in [0.05, 0.1) is 30.2 Å². The van der Waals surface area contributed by atoms with E-state index in [9.17, 15) is 4.79 Å². The Balaban J connectivity index is 1.74. The minimum absolute atomic E-state index is 0.299. The fraction of sp³-hybridized carbons (Fsp3) is 0.318. The molecule has 160 valence electrons. The molecule has 7 nitrogen and oxygen atoms in total. The van der Waals surface area contributed by atoms with Crippen LogP contribution in [0.15, 0.2) is 48.8 Å². The lowest BCUT2D eigenvalue weighted by Crippen LogP contribution is -2.41. The zero-order valence-corrected chi connectivity index (χ0v) is 18.8. The van der Waals surface area contributed by atoms with E-state index in [-0.39, 0.29) is 0 Å². The summed E-state index contributed by atoms with van der Waals surface area (Å²) in [5.74, 6) is 0.0142. The molecular weight excluding hydrogens is 417 g/mol. The molecule has 0 spiro atoms. The lowest BCUT2D eigenvalue weighted by Gasteiger charge is -2.32. The van der Waals surface area contributed by atoms with Gasteiger partial charge in [-0.15, -0.1) is 0 Å². The zero-order valence-electron chi connectivity index (χ0n) is 18.0. The second kappa shape index (κ2) is 7.78. The van der Waals surface area contributed by atoms with E-state index in [1.807, 2.05) is 52.0 Å². The molecule has 3 heterocycles. The number of nitrogens with zero attached hydrogens (tertiary/aromatic N) is 3. The number of hydrogen-bond donors (Lipinski definition) is 0. The number of halogens is 1. The van der Waals surface area contributed by atoms with Gasteiger partial charge in [0.25, 0.3) is 0 Å². The van der Waals surface area contributed by atoms with E-state index in [4.69, 9.17) is 25.6 Å². The molecule has 0 saturated carbocycles. The van der Waals surface area contributed by atoms with Gasteiger partial charge < -0.3 is 14.0 Å². The minimum Gasteiger partial charge on any atom is -0.465 e. The first-order valence-electron chi connectivity index (χ1n) is 9.88. The molecule has 2 aromatic heterocycles. The molecule has 0 amide bonds. The van der Waals surface area contributed by atoms with Gasteiger partial charge in [0.1, 0.15) is 5.56 Å². The first-order chi connectivity index (χ1) is 14.6. The summed E-state index contributed by atoms with van der Waals surface area (Å²) in [5.41, 5.74) is 1.37. The molecule has 0 N–H and O–H groups in total. The van der Waals surface area contributed by atoms with E-state index in [2.05, 4.69) is 10.1 Å². The van der Waals surface area contributed by atoms with Crippen LogP contribution in [0.4, 0.5) is 0 Å². The third-order valence-corrected chi connectivity index (χ3v) is 6.15. The van der Waals surface area contributed by atoms with Crippen LogP contribution in [-0.2, 0) is 14.0 Å². The van der Waals surface area contributed by atoms with Gasteiger partial charge in [0.2, 0.25) is 0 Å². The highest BCUT2D eigenvalue weighted by Gasteiger charge is 2.51. The van der Waals surface area contributed by atoms with E-state index in [1.165, 1.54) is 13.3 Å². The number of ether oxygens (including phenoxy) is 1. The van der Waals surface area contributed by atoms with Crippen molar-refractivity contribution in [2.24, 2.45) is 0 Å². The maximum atomic E-state index is 12.3. The largest absolute Gasteiger partial charge is 0.496 e. The Bertz CT molecular complexity index is 1110. The summed E-state index contributed by atoms with van der Waals surface area (Å²) in [6.07, 6.45) is 3.14. The van der Waals surface area contributed by atoms with Crippen LogP contribution in [0.3, 0.4) is 0 Å². The van der Waals surface area contributed by atoms with Crippen LogP contribution in [0.25, 0.3) is 17.1 Å². The SMILES string of the molecule is COC(=O)c1cnn(-c2ccc(B3OC(C)(C)C(C)(C)O3)cn2)c1-c1ccccc1Cl. The molecule has 4 rings (SSSR count). The number of esters is 1. The molecule has 1 aliphatic heterocycles. The highest BCUT2D eigenvalue weighted by molar-refractivity contribution is 6.62. The van der Waals surface area contributed by atoms with Crippen LogP contribution in [0.5, 0.6) is 0 Å². The Morgan fingerprint density at radius 1 is 1.06 bits per heavy atom. The van der Waals surface area contributed by atoms with Crippen LogP contribution in [0.2, 0.25) is 5.02 Å². The lowest BCUT2D eigenvalue weighted by atomic mass is 9.80. The van der Waals surface area contributed by atoms with Crippen molar-refractivity contribution in [2.45, 2.75) is 38.9 Å². The number of aromatic nitrogens is 3. The summed E-state index contributed by atoms with van der Waals surface area (Å²) >= 11 is 6.41. The smallest absolute Gasteiger partial charge is 0.465 e. The van der Waals surface area contributed by atoms with E-state index in [0.29, 0.717) is 27.7 Å². The van der Waals surface area contributed by atoms with E-state index in [1.54, 1.807) is 23.0 Å². The van der Waals surface area contributed by atoms with Gasteiger partial charge in [0, 0.05) is 22.2 Å². The molecule has 0 bridgehead atoms. The summed E-state index contributed by atoms with van der Waals surface area (Å²) in [4.78, 5) is 16.9. The maximum Gasteiger partial charge on any atom is 0.496 e. The molecule has 3 aromatic rings. The Morgan fingerprint density at radius 3 is 2.32 bits per heavy atom. The fourth-order valence-corrected chi connectivity index (χ4v) is 3.56. The third kappa shape index (κ3) is 3.75. The summed E-state index contributed by atoms with van der Waals surface area (Å²) < 4.78 is 18.7. The van der Waals surface area contributed by atoms with Crippen molar-refractivity contribution in [2.75, 3.05) is 7.11 Å². The molecule has 1 fully saturated rings. The quantitative estimate of drug-likeness (QED) is 0.456. The van der Waals surface area contributed by atoms with Crippen molar-refractivity contribution in [1.29, 1.82) is 0 Å². The van der Waals surface area contributed by atoms with Gasteiger partial charge in [0.15, 0.2) is 5.82 Å². The average Bonchev–Trinajstić information content (AvgIpc) is 3.26. The van der Waals surface area contributed by atoms with Crippen molar-refractivity contribution in [1.82, 2.24) is 14.8 Å². The molecule has 1 aromatic carbocycles. The zero-order chi connectivity index (χ0) is 22.4. The average molecular weight is 440 g/mol. The summed E-state index contributed by atoms with van der Waals surface area (Å²) in [5, 5.41) is 4.87. The number of rotatable bonds is 4. The van der Waals surface area contributed by atoms with Crippen molar-refractivity contribution in [3.63, 3.8) is 0 Å². The Morgan fingerprint density at radius 2 is 1.74 bits per heavy atom. The van der Waals surface area contributed by atoms with Gasteiger partial charge >= 0.3 is 13.1 Å².